The Labute approximate surface area is 196 Å². The fraction of sp³-hybridized carbons (Fsp3) is 0.192. The van der Waals surface area contributed by atoms with Gasteiger partial charge in [0.2, 0.25) is 0 Å². The predicted molar refractivity (Wildman–Crippen MR) is 124 cm³/mol. The number of benzene rings is 3. The van der Waals surface area contributed by atoms with Crippen LogP contribution < -0.4 is 4.74 Å². The second-order valence-corrected chi connectivity index (χ2v) is 8.19. The lowest BCUT2D eigenvalue weighted by molar-refractivity contribution is -0.141. The van der Waals surface area contributed by atoms with Crippen molar-refractivity contribution in [3.8, 4) is 22.9 Å². The summed E-state index contributed by atoms with van der Waals surface area (Å²) in [7, 11) is 1.52. The maximum atomic E-state index is 13.7. The molecule has 0 bridgehead atoms. The fourth-order valence-electron chi connectivity index (χ4n) is 4.39. The van der Waals surface area contributed by atoms with Crippen LogP contribution in [0.2, 0.25) is 5.02 Å². The normalized spacial score (nSPS) is 19.7. The van der Waals surface area contributed by atoms with Gasteiger partial charge in [0.05, 0.1) is 25.1 Å². The summed E-state index contributed by atoms with van der Waals surface area (Å²) in [4.78, 5) is 27.0. The Morgan fingerprint density at radius 2 is 1.79 bits per heavy atom. The first kappa shape index (κ1) is 22.4. The molecule has 3 atom stereocenters. The third kappa shape index (κ3) is 4.15. The highest BCUT2D eigenvalue weighted by Crippen LogP contribution is 2.44. The minimum Gasteiger partial charge on any atom is -0.496 e. The second-order valence-electron chi connectivity index (χ2n) is 7.79. The number of carboxylic acids is 1. The third-order valence-electron chi connectivity index (χ3n) is 5.94. The largest absolute Gasteiger partial charge is 0.496 e. The molecule has 0 saturated carbocycles. The number of amides is 1. The molecule has 4 rings (SSSR count). The quantitative estimate of drug-likeness (QED) is 0.565. The fourth-order valence-corrected chi connectivity index (χ4v) is 4.64. The number of aliphatic carboxylic acids is 1. The number of nitrogens with zero attached hydrogens (tertiary/aromatic N) is 2. The van der Waals surface area contributed by atoms with Crippen molar-refractivity contribution in [3.63, 3.8) is 0 Å². The molecule has 3 aromatic carbocycles. The summed E-state index contributed by atoms with van der Waals surface area (Å²) >= 11 is 6.39. The van der Waals surface area contributed by atoms with Crippen LogP contribution in [0.1, 0.15) is 28.4 Å². The summed E-state index contributed by atoms with van der Waals surface area (Å²) in [5, 5.41) is 20.0. The van der Waals surface area contributed by atoms with Crippen molar-refractivity contribution in [1.29, 1.82) is 5.26 Å². The summed E-state index contributed by atoms with van der Waals surface area (Å²) in [6, 6.07) is 21.8. The molecule has 1 aliphatic heterocycles. The number of carbonyl (C=O) groups is 2. The lowest BCUT2D eigenvalue weighted by atomic mass is 9.94. The molecule has 0 aliphatic carbocycles. The van der Waals surface area contributed by atoms with Gasteiger partial charge in [-0.2, -0.15) is 5.26 Å². The molecule has 1 fully saturated rings. The molecule has 0 spiro atoms. The molecule has 1 amide bonds. The molecule has 1 saturated heterocycles. The van der Waals surface area contributed by atoms with Crippen LogP contribution in [0, 0.1) is 17.2 Å². The smallest absolute Gasteiger partial charge is 0.326 e. The lowest BCUT2D eigenvalue weighted by Gasteiger charge is -2.30. The first-order valence-corrected chi connectivity index (χ1v) is 10.8. The minimum absolute atomic E-state index is 0.0205. The van der Waals surface area contributed by atoms with Crippen molar-refractivity contribution in [2.24, 2.45) is 5.92 Å². The molecule has 0 radical (unpaired) electrons. The molecule has 1 N–H and O–H groups in total. The maximum absolute atomic E-state index is 13.7. The number of rotatable bonds is 5. The van der Waals surface area contributed by atoms with Gasteiger partial charge in [-0.3, -0.25) is 4.79 Å². The Hall–Kier alpha value is -3.82. The highest BCUT2D eigenvalue weighted by Gasteiger charge is 2.48. The van der Waals surface area contributed by atoms with Gasteiger partial charge in [-0.15, -0.1) is 0 Å². The zero-order valence-electron chi connectivity index (χ0n) is 17.8. The Bertz CT molecular complexity index is 1240. The van der Waals surface area contributed by atoms with E-state index in [-0.39, 0.29) is 12.0 Å². The summed E-state index contributed by atoms with van der Waals surface area (Å²) in [5.74, 6) is -1.88. The molecule has 33 heavy (non-hydrogen) atoms. The molecule has 1 aliphatic rings. The molecular formula is C26H21ClN2O4. The van der Waals surface area contributed by atoms with Crippen LogP contribution >= 0.6 is 11.6 Å². The van der Waals surface area contributed by atoms with Gasteiger partial charge >= 0.3 is 5.97 Å². The number of methoxy groups -OCH3 is 1. The van der Waals surface area contributed by atoms with Crippen molar-refractivity contribution in [2.75, 3.05) is 7.11 Å². The Balaban J connectivity index is 1.79. The van der Waals surface area contributed by atoms with Gasteiger partial charge in [0.15, 0.2) is 0 Å². The number of ether oxygens (including phenoxy) is 1. The van der Waals surface area contributed by atoms with Crippen LogP contribution in [0.25, 0.3) is 11.1 Å². The van der Waals surface area contributed by atoms with Crippen LogP contribution in [-0.2, 0) is 4.79 Å². The van der Waals surface area contributed by atoms with Crippen molar-refractivity contribution < 1.29 is 19.4 Å². The lowest BCUT2D eigenvalue weighted by Crippen LogP contribution is -2.42. The van der Waals surface area contributed by atoms with Crippen LogP contribution in [-0.4, -0.2) is 35.0 Å². The molecular weight excluding hydrogens is 440 g/mol. The highest BCUT2D eigenvalue weighted by molar-refractivity contribution is 6.31. The van der Waals surface area contributed by atoms with Crippen molar-refractivity contribution >= 4 is 23.5 Å². The van der Waals surface area contributed by atoms with E-state index < -0.39 is 29.9 Å². The zero-order valence-corrected chi connectivity index (χ0v) is 18.6. The first-order valence-electron chi connectivity index (χ1n) is 10.4. The van der Waals surface area contributed by atoms with Gasteiger partial charge in [0.1, 0.15) is 11.8 Å². The van der Waals surface area contributed by atoms with E-state index in [0.29, 0.717) is 16.3 Å². The Morgan fingerprint density at radius 3 is 2.42 bits per heavy atom. The number of hydrogen-bond donors (Lipinski definition) is 1. The molecule has 0 aromatic heterocycles. The van der Waals surface area contributed by atoms with E-state index in [0.717, 1.165) is 11.1 Å². The highest BCUT2D eigenvalue weighted by atomic mass is 35.5. The number of halogens is 1. The van der Waals surface area contributed by atoms with Gasteiger partial charge in [-0.05, 0) is 41.8 Å². The van der Waals surface area contributed by atoms with E-state index in [9.17, 15) is 20.0 Å². The Morgan fingerprint density at radius 1 is 1.09 bits per heavy atom. The monoisotopic (exact) mass is 460 g/mol. The summed E-state index contributed by atoms with van der Waals surface area (Å²) < 4.78 is 5.54. The van der Waals surface area contributed by atoms with Gasteiger partial charge in [0.25, 0.3) is 5.91 Å². The topological polar surface area (TPSA) is 90.6 Å². The molecule has 1 unspecified atom stereocenters. The molecule has 166 valence electrons. The average Bonchev–Trinajstić information content (AvgIpc) is 3.24. The second kappa shape index (κ2) is 9.35. The molecule has 7 heteroatoms. The predicted octanol–water partition coefficient (Wildman–Crippen LogP) is 5.20. The van der Waals surface area contributed by atoms with Gasteiger partial charge in [0, 0.05) is 16.1 Å². The van der Waals surface area contributed by atoms with Crippen molar-refractivity contribution in [2.45, 2.75) is 18.5 Å². The third-order valence-corrected chi connectivity index (χ3v) is 6.28. The van der Waals surface area contributed by atoms with E-state index in [1.54, 1.807) is 42.5 Å². The Kier molecular flexibility index (Phi) is 6.34. The molecule has 6 nitrogen and oxygen atoms in total. The zero-order chi connectivity index (χ0) is 23.5. The van der Waals surface area contributed by atoms with E-state index in [1.807, 2.05) is 30.3 Å². The van der Waals surface area contributed by atoms with Crippen LogP contribution in [0.15, 0.2) is 72.8 Å². The van der Waals surface area contributed by atoms with Crippen LogP contribution in [0.3, 0.4) is 0 Å². The summed E-state index contributed by atoms with van der Waals surface area (Å²) in [6.07, 6.45) is 0.0205. The van der Waals surface area contributed by atoms with E-state index in [2.05, 4.69) is 6.07 Å². The number of hydrogen-bond acceptors (Lipinski definition) is 4. The van der Waals surface area contributed by atoms with Crippen LogP contribution in [0.4, 0.5) is 0 Å². The number of likely N-dealkylation sites (tertiary alicyclic amines) is 1. The van der Waals surface area contributed by atoms with Crippen LogP contribution in [0.5, 0.6) is 5.75 Å². The number of carboxylic acid groups (broad SMARTS) is 1. The summed E-state index contributed by atoms with van der Waals surface area (Å²) in [6.45, 7) is 0. The SMILES string of the molecule is COc1cc(C(=O)N2[C@H](C(=O)O)CC(C#N)[C@@H]2c2ccccc2Cl)ccc1-c1ccccc1. The molecule has 1 heterocycles. The van der Waals surface area contributed by atoms with Crippen molar-refractivity contribution in [3.05, 3.63) is 88.9 Å². The number of nitriles is 1. The van der Waals surface area contributed by atoms with E-state index >= 15 is 0 Å². The first-order chi connectivity index (χ1) is 16.0. The van der Waals surface area contributed by atoms with E-state index in [4.69, 9.17) is 16.3 Å². The van der Waals surface area contributed by atoms with Crippen molar-refractivity contribution in [1.82, 2.24) is 4.90 Å². The van der Waals surface area contributed by atoms with Gasteiger partial charge in [-0.1, -0.05) is 60.1 Å². The standard InChI is InChI=1S/C26H21ClN2O4/c1-33-23-14-17(11-12-19(23)16-7-3-2-4-8-16)25(30)29-22(26(31)32)13-18(15-28)24(29)20-9-5-6-10-21(20)27/h2-12,14,18,22,24H,13H2,1H3,(H,31,32)/t18?,22-,24+/m0/s1. The molecule has 3 aromatic rings. The summed E-state index contributed by atoms with van der Waals surface area (Å²) in [5.41, 5.74) is 2.56. The van der Waals surface area contributed by atoms with E-state index in [1.165, 1.54) is 12.0 Å². The average molecular weight is 461 g/mol. The number of carbonyl (C=O) groups excluding carboxylic acids is 1. The van der Waals surface area contributed by atoms with Gasteiger partial charge in [-0.25, -0.2) is 4.79 Å². The van der Waals surface area contributed by atoms with Gasteiger partial charge < -0.3 is 14.7 Å². The minimum atomic E-state index is -1.16. The maximum Gasteiger partial charge on any atom is 0.326 e.